The van der Waals surface area contributed by atoms with E-state index in [2.05, 4.69) is 17.9 Å². The Bertz CT molecular complexity index is 108. The van der Waals surface area contributed by atoms with Crippen molar-refractivity contribution in [2.75, 3.05) is 13.2 Å². The van der Waals surface area contributed by atoms with Crippen LogP contribution in [0.1, 0.15) is 13.3 Å². The molecule has 0 saturated carbocycles. The summed E-state index contributed by atoms with van der Waals surface area (Å²) in [6, 6.07) is -0.213. The predicted octanol–water partition coefficient (Wildman–Crippen LogP) is -0.197. The van der Waals surface area contributed by atoms with Gasteiger partial charge in [0.05, 0.1) is 6.04 Å². The molecule has 1 atom stereocenters. The van der Waals surface area contributed by atoms with Crippen molar-refractivity contribution in [1.29, 1.82) is 0 Å². The average Bonchev–Trinajstić information content (AvgIpc) is 1.88. The number of hydrogen-bond donors (Lipinski definition) is 3. The van der Waals surface area contributed by atoms with E-state index in [0.717, 1.165) is 0 Å². The smallest absolute Gasteiger partial charge is 0.202 e. The van der Waals surface area contributed by atoms with Crippen LogP contribution in [0, 0.1) is 0 Å². The first-order chi connectivity index (χ1) is 4.68. The van der Waals surface area contributed by atoms with Crippen molar-refractivity contribution in [1.82, 2.24) is 5.32 Å². The van der Waals surface area contributed by atoms with Crippen molar-refractivity contribution in [3.05, 3.63) is 0 Å². The third kappa shape index (κ3) is 4.78. The summed E-state index contributed by atoms with van der Waals surface area (Å²) in [6.45, 7) is 2.55. The molecule has 0 aliphatic carbocycles. The summed E-state index contributed by atoms with van der Waals surface area (Å²) < 4.78 is 0. The van der Waals surface area contributed by atoms with Crippen LogP contribution < -0.4 is 5.32 Å². The lowest BCUT2D eigenvalue weighted by molar-refractivity contribution is -0.112. The number of carbonyl (C=O) groups is 1. The molecule has 0 aliphatic rings. The topological polar surface area (TPSA) is 49.3 Å². The van der Waals surface area contributed by atoms with E-state index < -0.39 is 0 Å². The molecular weight excluding hydrogens is 150 g/mol. The molecule has 10 heavy (non-hydrogen) atoms. The van der Waals surface area contributed by atoms with Crippen molar-refractivity contribution in [2.24, 2.45) is 0 Å². The molecule has 2 N–H and O–H groups in total. The maximum absolute atomic E-state index is 10.5. The second kappa shape index (κ2) is 5.70. The zero-order valence-electron chi connectivity index (χ0n) is 6.00. The Morgan fingerprint density at radius 2 is 2.40 bits per heavy atom. The van der Waals surface area contributed by atoms with Gasteiger partial charge in [0.1, 0.15) is 0 Å². The standard InChI is InChI=1S/C6H13NO2S/c1-5(6(9)10)7-3-2-4-8/h5,7-8H,2-4H2,1H3,(H,9,10)/t5-/m0/s1. The van der Waals surface area contributed by atoms with E-state index in [4.69, 9.17) is 5.11 Å². The molecule has 0 amide bonds. The van der Waals surface area contributed by atoms with E-state index in [-0.39, 0.29) is 17.8 Å². The SMILES string of the molecule is C[C@H](NCCCO)C(=O)S. The van der Waals surface area contributed by atoms with E-state index >= 15 is 0 Å². The average molecular weight is 163 g/mol. The zero-order chi connectivity index (χ0) is 7.98. The molecule has 0 aliphatic heterocycles. The first kappa shape index (κ1) is 9.94. The Hall–Kier alpha value is -0.0600. The summed E-state index contributed by atoms with van der Waals surface area (Å²) in [7, 11) is 0. The molecule has 0 heterocycles. The molecule has 3 nitrogen and oxygen atoms in total. The van der Waals surface area contributed by atoms with E-state index in [1.54, 1.807) is 6.92 Å². The minimum atomic E-state index is -0.213. The lowest BCUT2D eigenvalue weighted by Gasteiger charge is -2.07. The van der Waals surface area contributed by atoms with Crippen LogP contribution in [0.4, 0.5) is 0 Å². The molecular formula is C6H13NO2S. The number of aliphatic hydroxyl groups excluding tert-OH is 1. The predicted molar refractivity (Wildman–Crippen MR) is 43.2 cm³/mol. The molecule has 0 aromatic rings. The molecule has 0 aromatic carbocycles. The first-order valence-electron chi connectivity index (χ1n) is 3.25. The molecule has 60 valence electrons. The maximum atomic E-state index is 10.5. The summed E-state index contributed by atoms with van der Waals surface area (Å²) in [5, 5.41) is 11.1. The monoisotopic (exact) mass is 163 g/mol. The van der Waals surface area contributed by atoms with Gasteiger partial charge in [0.15, 0.2) is 0 Å². The van der Waals surface area contributed by atoms with Gasteiger partial charge in [-0.15, -0.1) is 12.6 Å². The van der Waals surface area contributed by atoms with E-state index in [0.29, 0.717) is 13.0 Å². The van der Waals surface area contributed by atoms with Gasteiger partial charge >= 0.3 is 0 Å². The summed E-state index contributed by atoms with van der Waals surface area (Å²) in [4.78, 5) is 10.5. The Labute approximate surface area is 66.2 Å². The minimum Gasteiger partial charge on any atom is -0.396 e. The number of thiol groups is 1. The molecule has 0 fully saturated rings. The second-order valence-corrected chi connectivity index (χ2v) is 2.53. The van der Waals surface area contributed by atoms with Crippen molar-refractivity contribution < 1.29 is 9.90 Å². The summed E-state index contributed by atoms with van der Waals surface area (Å²) in [5.41, 5.74) is 0. The highest BCUT2D eigenvalue weighted by Crippen LogP contribution is 1.88. The fourth-order valence-electron chi connectivity index (χ4n) is 0.485. The van der Waals surface area contributed by atoms with Gasteiger partial charge in [-0.3, -0.25) is 4.79 Å². The van der Waals surface area contributed by atoms with Crippen LogP contribution in [0.3, 0.4) is 0 Å². The van der Waals surface area contributed by atoms with Gasteiger partial charge in [-0.05, 0) is 19.9 Å². The van der Waals surface area contributed by atoms with Crippen LogP contribution in [0.2, 0.25) is 0 Å². The van der Waals surface area contributed by atoms with Gasteiger partial charge in [-0.2, -0.15) is 0 Å². The van der Waals surface area contributed by atoms with Crippen LogP contribution in [0.15, 0.2) is 0 Å². The largest absolute Gasteiger partial charge is 0.396 e. The fourth-order valence-corrected chi connectivity index (χ4v) is 0.576. The van der Waals surface area contributed by atoms with Crippen LogP contribution in [0.5, 0.6) is 0 Å². The van der Waals surface area contributed by atoms with Crippen LogP contribution in [-0.2, 0) is 4.79 Å². The summed E-state index contributed by atoms with van der Waals surface area (Å²) >= 11 is 3.63. The van der Waals surface area contributed by atoms with E-state index in [1.807, 2.05) is 0 Å². The summed E-state index contributed by atoms with van der Waals surface area (Å²) in [6.07, 6.45) is 0.672. The molecule has 0 radical (unpaired) electrons. The van der Waals surface area contributed by atoms with E-state index in [1.165, 1.54) is 0 Å². The molecule has 0 bridgehead atoms. The molecule has 0 saturated heterocycles. The first-order valence-corrected chi connectivity index (χ1v) is 3.70. The highest BCUT2D eigenvalue weighted by molar-refractivity contribution is 7.96. The lowest BCUT2D eigenvalue weighted by Crippen LogP contribution is -2.32. The highest BCUT2D eigenvalue weighted by atomic mass is 32.1. The Morgan fingerprint density at radius 1 is 1.80 bits per heavy atom. The van der Waals surface area contributed by atoms with Crippen LogP contribution in [-0.4, -0.2) is 29.4 Å². The van der Waals surface area contributed by atoms with Crippen molar-refractivity contribution in [3.8, 4) is 0 Å². The molecule has 0 aromatic heterocycles. The third-order valence-corrected chi connectivity index (χ3v) is 1.54. The molecule has 0 unspecified atom stereocenters. The highest BCUT2D eigenvalue weighted by Gasteiger charge is 2.05. The second-order valence-electron chi connectivity index (χ2n) is 2.09. The van der Waals surface area contributed by atoms with Gasteiger partial charge in [0.25, 0.3) is 0 Å². The molecule has 4 heteroatoms. The van der Waals surface area contributed by atoms with Gasteiger partial charge in [-0.1, -0.05) is 0 Å². The van der Waals surface area contributed by atoms with Crippen molar-refractivity contribution in [2.45, 2.75) is 19.4 Å². The van der Waals surface area contributed by atoms with Crippen LogP contribution >= 0.6 is 12.6 Å². The van der Waals surface area contributed by atoms with Gasteiger partial charge < -0.3 is 10.4 Å². The Morgan fingerprint density at radius 3 is 2.80 bits per heavy atom. The van der Waals surface area contributed by atoms with Gasteiger partial charge in [-0.25, -0.2) is 0 Å². The van der Waals surface area contributed by atoms with Crippen LogP contribution in [0.25, 0.3) is 0 Å². The van der Waals surface area contributed by atoms with Gasteiger partial charge in [0, 0.05) is 6.61 Å². The molecule has 0 spiro atoms. The normalized spacial score (nSPS) is 13.1. The number of rotatable bonds is 5. The number of nitrogens with one attached hydrogen (secondary N) is 1. The minimum absolute atomic E-state index is 0.153. The van der Waals surface area contributed by atoms with Crippen molar-refractivity contribution in [3.63, 3.8) is 0 Å². The Balaban J connectivity index is 3.21. The zero-order valence-corrected chi connectivity index (χ0v) is 6.90. The fraction of sp³-hybridized carbons (Fsp3) is 0.833. The summed E-state index contributed by atoms with van der Waals surface area (Å²) in [5.74, 6) is 0. The maximum Gasteiger partial charge on any atom is 0.202 e. The molecule has 0 rings (SSSR count). The lowest BCUT2D eigenvalue weighted by atomic mass is 10.3. The van der Waals surface area contributed by atoms with Gasteiger partial charge in [0.2, 0.25) is 5.12 Å². The number of carbonyl (C=O) groups excluding carboxylic acids is 1. The number of aliphatic hydroxyl groups is 1. The quantitative estimate of drug-likeness (QED) is 0.389. The van der Waals surface area contributed by atoms with Crippen molar-refractivity contribution >= 4 is 17.7 Å². The Kier molecular flexibility index (Phi) is 5.67. The van der Waals surface area contributed by atoms with E-state index in [9.17, 15) is 4.79 Å². The number of hydrogen-bond acceptors (Lipinski definition) is 3. The third-order valence-electron chi connectivity index (χ3n) is 1.16.